The van der Waals surface area contributed by atoms with Crippen LogP contribution in [0, 0.1) is 0 Å². The molecule has 3 amide bonds. The number of nitrogens with zero attached hydrogens (tertiary/aromatic N) is 2. The predicted octanol–water partition coefficient (Wildman–Crippen LogP) is 5.39. The van der Waals surface area contributed by atoms with Crippen molar-refractivity contribution in [1.29, 1.82) is 0 Å². The Balaban J connectivity index is 1.50. The fourth-order valence-corrected chi connectivity index (χ4v) is 11.5. The maximum atomic E-state index is 13.7. The summed E-state index contributed by atoms with van der Waals surface area (Å²) >= 11 is 7.61. The maximum Gasteiger partial charge on any atom is 0.412 e. The number of aliphatic hydroxyl groups is 1. The first-order valence-electron chi connectivity index (χ1n) is 16.8. The third-order valence-electron chi connectivity index (χ3n) is 8.34. The van der Waals surface area contributed by atoms with Crippen LogP contribution in [0.15, 0.2) is 84.2 Å². The number of ether oxygens (including phenoxy) is 1. The van der Waals surface area contributed by atoms with Crippen LogP contribution in [0.5, 0.6) is 0 Å². The van der Waals surface area contributed by atoms with E-state index in [1.807, 2.05) is 60.7 Å². The molecule has 1 heterocycles. The second kappa shape index (κ2) is 17.0. The van der Waals surface area contributed by atoms with Gasteiger partial charge in [0.05, 0.1) is 18.2 Å². The fourth-order valence-electron chi connectivity index (χ4n) is 5.82. The number of aromatic nitrogens is 1. The molecule has 0 bridgehead atoms. The van der Waals surface area contributed by atoms with Crippen molar-refractivity contribution >= 4 is 71.2 Å². The van der Waals surface area contributed by atoms with Crippen LogP contribution in [-0.4, -0.2) is 90.2 Å². The number of benzene rings is 3. The molecule has 0 aliphatic rings. The van der Waals surface area contributed by atoms with Crippen LogP contribution in [0.2, 0.25) is 10.1 Å². The van der Waals surface area contributed by atoms with Gasteiger partial charge in [0, 0.05) is 23.7 Å². The van der Waals surface area contributed by atoms with E-state index in [0.717, 1.165) is 26.6 Å². The van der Waals surface area contributed by atoms with Crippen LogP contribution in [0.1, 0.15) is 52.0 Å². The number of nitrogens with one attached hydrogen (secondary N) is 2. The molecule has 0 fully saturated rings. The molecule has 15 heteroatoms. The number of carboxylic acid groups (broad SMARTS) is 1. The minimum Gasteiger partial charge on any atom is -0.480 e. The van der Waals surface area contributed by atoms with Crippen molar-refractivity contribution < 1.29 is 38.6 Å². The third-order valence-corrected chi connectivity index (χ3v) is 14.5. The summed E-state index contributed by atoms with van der Waals surface area (Å²) in [4.78, 5) is 57.1. The summed E-state index contributed by atoms with van der Waals surface area (Å²) in [5.74, 6) is -2.90. The molecule has 0 spiro atoms. The Morgan fingerprint density at radius 1 is 0.943 bits per heavy atom. The number of halogens is 1. The summed E-state index contributed by atoms with van der Waals surface area (Å²) in [7, 11) is -1.85. The minimum atomic E-state index is -3.15. The Morgan fingerprint density at radius 2 is 1.53 bits per heavy atom. The van der Waals surface area contributed by atoms with Gasteiger partial charge >= 0.3 is 12.1 Å². The fraction of sp³-hybridized carbons (Fsp3) is 0.342. The first kappa shape index (κ1) is 41.2. The van der Waals surface area contributed by atoms with Gasteiger partial charge < -0.3 is 29.6 Å². The second-order valence-electron chi connectivity index (χ2n) is 14.3. The van der Waals surface area contributed by atoms with Gasteiger partial charge in [-0.1, -0.05) is 93.0 Å². The van der Waals surface area contributed by atoms with Gasteiger partial charge in [0.2, 0.25) is 5.91 Å². The highest BCUT2D eigenvalue weighted by molar-refractivity contribution is 7.13. The van der Waals surface area contributed by atoms with Crippen LogP contribution < -0.4 is 21.0 Å². The number of carbonyl (C=O) groups is 4. The number of aliphatic hydroxyl groups excluding tert-OH is 1. The molecule has 53 heavy (non-hydrogen) atoms. The van der Waals surface area contributed by atoms with Crippen molar-refractivity contribution in [3.8, 4) is 10.6 Å². The Kier molecular flexibility index (Phi) is 13.2. The minimum absolute atomic E-state index is 0.0456. The van der Waals surface area contributed by atoms with Crippen LogP contribution >= 0.6 is 22.9 Å². The lowest BCUT2D eigenvalue weighted by Gasteiger charge is -2.44. The number of likely N-dealkylation sites (N-methyl/N-ethyl adjacent to an activating group) is 1. The molecule has 2 atom stereocenters. The van der Waals surface area contributed by atoms with E-state index in [9.17, 15) is 29.4 Å². The number of carboxylic acids is 1. The van der Waals surface area contributed by atoms with Crippen LogP contribution in [0.3, 0.4) is 0 Å². The van der Waals surface area contributed by atoms with E-state index in [4.69, 9.17) is 20.8 Å². The standard InChI is InChI=1S/C38H45ClN4O8SSi/c1-37(2,3)51-36(49)40-24-18-19-27(28(39)20-24)33-42-30(23-52-33)32(45)41-29(21-44)34(46)43(7)31(35(47)48)22-50-53(38(4,5)6,25-14-10-8-11-15-25)26-16-12-9-13-17-26/h8-20,23,29,31,44H,21-22H2,1-7H3,(H,40,49)(H,41,45)(H,47,48)/t29-,31-/m0/s1. The number of anilines is 1. The average Bonchev–Trinajstić information content (AvgIpc) is 3.58. The molecule has 0 unspecified atom stereocenters. The Labute approximate surface area is 319 Å². The molecular weight excluding hydrogens is 736 g/mol. The van der Waals surface area contributed by atoms with Crippen molar-refractivity contribution in [3.05, 3.63) is 95.0 Å². The lowest BCUT2D eigenvalue weighted by Crippen LogP contribution is -2.68. The van der Waals surface area contributed by atoms with Gasteiger partial charge in [-0.05, 0) is 54.4 Å². The van der Waals surface area contributed by atoms with Gasteiger partial charge in [0.25, 0.3) is 14.2 Å². The number of carbonyl (C=O) groups excluding carboxylic acids is 3. The zero-order chi connectivity index (χ0) is 39.1. The summed E-state index contributed by atoms with van der Waals surface area (Å²) in [5.41, 5.74) is 0.159. The molecule has 12 nitrogen and oxygen atoms in total. The third kappa shape index (κ3) is 9.89. The molecule has 4 N–H and O–H groups in total. The number of thiazole rings is 1. The van der Waals surface area contributed by atoms with Crippen LogP contribution in [0.4, 0.5) is 10.5 Å². The van der Waals surface area contributed by atoms with Crippen molar-refractivity contribution in [1.82, 2.24) is 15.2 Å². The zero-order valence-corrected chi connectivity index (χ0v) is 33.2. The average molecular weight is 781 g/mol. The van der Waals surface area contributed by atoms with Gasteiger partial charge in [-0.25, -0.2) is 14.6 Å². The molecule has 0 radical (unpaired) electrons. The second-order valence-corrected chi connectivity index (χ2v) is 19.9. The van der Waals surface area contributed by atoms with E-state index >= 15 is 0 Å². The van der Waals surface area contributed by atoms with E-state index < -0.39 is 61.5 Å². The molecule has 0 aliphatic carbocycles. The first-order valence-corrected chi connectivity index (χ1v) is 20.0. The highest BCUT2D eigenvalue weighted by atomic mass is 35.5. The number of amides is 3. The SMILES string of the molecule is CN(C(=O)[C@H](CO)NC(=O)c1csc(-c2ccc(NC(=O)OC(C)(C)C)cc2Cl)n1)[C@@H](CO[Si](c1ccccc1)(c1ccccc1)C(C)(C)C)C(=O)O. The highest BCUT2D eigenvalue weighted by Crippen LogP contribution is 2.37. The Morgan fingerprint density at radius 3 is 2.02 bits per heavy atom. The van der Waals surface area contributed by atoms with Gasteiger partial charge in [-0.2, -0.15) is 0 Å². The van der Waals surface area contributed by atoms with Crippen molar-refractivity contribution in [2.75, 3.05) is 25.6 Å². The van der Waals surface area contributed by atoms with E-state index in [-0.39, 0.29) is 17.3 Å². The lowest BCUT2D eigenvalue weighted by atomic mass is 10.2. The van der Waals surface area contributed by atoms with Gasteiger partial charge in [0.1, 0.15) is 22.3 Å². The quantitative estimate of drug-likeness (QED) is 0.130. The van der Waals surface area contributed by atoms with Crippen molar-refractivity contribution in [2.24, 2.45) is 0 Å². The summed E-state index contributed by atoms with van der Waals surface area (Å²) in [6.07, 6.45) is -0.644. The highest BCUT2D eigenvalue weighted by Gasteiger charge is 2.51. The molecule has 1 aromatic heterocycles. The van der Waals surface area contributed by atoms with Gasteiger partial charge in [-0.3, -0.25) is 14.9 Å². The normalized spacial score (nSPS) is 13.1. The number of rotatable bonds is 13. The molecule has 0 saturated heterocycles. The summed E-state index contributed by atoms with van der Waals surface area (Å²) in [6, 6.07) is 21.2. The largest absolute Gasteiger partial charge is 0.480 e. The molecule has 4 rings (SSSR count). The summed E-state index contributed by atoms with van der Waals surface area (Å²) < 4.78 is 12.1. The van der Waals surface area contributed by atoms with Gasteiger partial charge in [-0.15, -0.1) is 11.3 Å². The van der Waals surface area contributed by atoms with Crippen molar-refractivity contribution in [2.45, 2.75) is 64.3 Å². The Hall–Kier alpha value is -4.60. The molecule has 0 saturated carbocycles. The number of hydrogen-bond donors (Lipinski definition) is 4. The summed E-state index contributed by atoms with van der Waals surface area (Å²) in [5, 5.41) is 29.2. The zero-order valence-electron chi connectivity index (χ0n) is 30.7. The van der Waals surface area contributed by atoms with E-state index in [1.165, 1.54) is 18.5 Å². The van der Waals surface area contributed by atoms with Crippen LogP contribution in [-0.2, 0) is 18.8 Å². The summed E-state index contributed by atoms with van der Waals surface area (Å²) in [6.45, 7) is 10.3. The topological polar surface area (TPSA) is 167 Å². The lowest BCUT2D eigenvalue weighted by molar-refractivity contribution is -0.151. The van der Waals surface area contributed by atoms with Gasteiger partial charge in [0.15, 0.2) is 6.04 Å². The molecule has 282 valence electrons. The van der Waals surface area contributed by atoms with E-state index in [1.54, 1.807) is 32.9 Å². The van der Waals surface area contributed by atoms with E-state index in [2.05, 4.69) is 36.4 Å². The molecular formula is C38H45ClN4O8SSi. The number of hydrogen-bond acceptors (Lipinski definition) is 9. The smallest absolute Gasteiger partial charge is 0.412 e. The van der Waals surface area contributed by atoms with Crippen LogP contribution in [0.25, 0.3) is 10.6 Å². The molecule has 0 aliphatic heterocycles. The van der Waals surface area contributed by atoms with Crippen molar-refractivity contribution in [3.63, 3.8) is 0 Å². The maximum absolute atomic E-state index is 13.7. The molecule has 4 aromatic rings. The Bertz CT molecular complexity index is 1870. The molecule has 3 aromatic carbocycles. The van der Waals surface area contributed by atoms with E-state index in [0.29, 0.717) is 16.3 Å². The monoisotopic (exact) mass is 780 g/mol. The number of aliphatic carboxylic acids is 1. The first-order chi connectivity index (χ1) is 24.9. The predicted molar refractivity (Wildman–Crippen MR) is 209 cm³/mol.